The molecule has 0 spiro atoms. The van der Waals surface area contributed by atoms with Crippen molar-refractivity contribution in [2.45, 2.75) is 20.8 Å². The Bertz CT molecular complexity index is 1240. The Labute approximate surface area is 206 Å². The minimum Gasteiger partial charge on any atom is -0.493 e. The molecule has 0 unspecified atom stereocenters. The number of aromatic nitrogens is 1. The predicted molar refractivity (Wildman–Crippen MR) is 131 cm³/mol. The summed E-state index contributed by atoms with van der Waals surface area (Å²) in [4.78, 5) is 12.4. The molecular formula is C25H24BrN3O5. The van der Waals surface area contributed by atoms with Gasteiger partial charge in [0.25, 0.3) is 5.91 Å². The van der Waals surface area contributed by atoms with E-state index in [1.807, 2.05) is 38.1 Å². The molecule has 9 heteroatoms. The maximum Gasteiger partial charge on any atom is 0.267 e. The van der Waals surface area contributed by atoms with Gasteiger partial charge in [-0.05, 0) is 71.6 Å². The average Bonchev–Trinajstić information content (AvgIpc) is 3.21. The highest BCUT2D eigenvalue weighted by molar-refractivity contribution is 9.10. The van der Waals surface area contributed by atoms with Crippen molar-refractivity contribution in [3.8, 4) is 23.3 Å². The van der Waals surface area contributed by atoms with E-state index in [1.54, 1.807) is 25.1 Å². The van der Waals surface area contributed by atoms with Gasteiger partial charge in [0.15, 0.2) is 17.3 Å². The van der Waals surface area contributed by atoms with Gasteiger partial charge in [-0.2, -0.15) is 5.26 Å². The largest absolute Gasteiger partial charge is 0.493 e. The van der Waals surface area contributed by atoms with E-state index < -0.39 is 5.91 Å². The molecule has 0 aliphatic heterocycles. The Balaban J connectivity index is 1.70. The van der Waals surface area contributed by atoms with Crippen LogP contribution in [0.2, 0.25) is 0 Å². The molecule has 34 heavy (non-hydrogen) atoms. The predicted octanol–water partition coefficient (Wildman–Crippen LogP) is 5.37. The Kier molecular flexibility index (Phi) is 8.33. The lowest BCUT2D eigenvalue weighted by atomic mass is 10.1. The second-order valence-corrected chi connectivity index (χ2v) is 8.25. The Morgan fingerprint density at radius 2 is 1.82 bits per heavy atom. The molecule has 176 valence electrons. The molecule has 0 saturated heterocycles. The summed E-state index contributed by atoms with van der Waals surface area (Å²) in [6, 6.07) is 12.9. The molecule has 1 N–H and O–H groups in total. The summed E-state index contributed by atoms with van der Waals surface area (Å²) < 4.78 is 22.8. The Morgan fingerprint density at radius 1 is 1.15 bits per heavy atom. The van der Waals surface area contributed by atoms with Crippen LogP contribution in [0.25, 0.3) is 6.08 Å². The number of hydrogen-bond acceptors (Lipinski definition) is 7. The summed E-state index contributed by atoms with van der Waals surface area (Å²) in [5.41, 5.74) is 2.59. The van der Waals surface area contributed by atoms with E-state index in [-0.39, 0.29) is 11.4 Å². The third kappa shape index (κ3) is 6.17. The molecule has 3 rings (SSSR count). The highest BCUT2D eigenvalue weighted by Gasteiger charge is 2.15. The quantitative estimate of drug-likeness (QED) is 0.227. The van der Waals surface area contributed by atoms with Crippen LogP contribution in [-0.2, 0) is 4.79 Å². The number of benzene rings is 2. The average molecular weight is 526 g/mol. The molecule has 1 amide bonds. The number of ether oxygens (including phenoxy) is 3. The van der Waals surface area contributed by atoms with Gasteiger partial charge in [0.2, 0.25) is 0 Å². The van der Waals surface area contributed by atoms with Gasteiger partial charge in [-0.25, -0.2) is 0 Å². The standard InChI is InChI=1S/C25H24BrN3O5/c1-15-6-5-7-16(2)23(15)32-8-9-33-24-20(26)12-18(13-21(24)31-4)11-19(14-27)25(30)28-22-10-17(3)34-29-22/h5-7,10-13H,8-9H2,1-4H3,(H,28,29,30)/b19-11-. The molecule has 0 radical (unpaired) electrons. The molecule has 2 aromatic carbocycles. The minimum absolute atomic E-state index is 0.106. The van der Waals surface area contributed by atoms with Gasteiger partial charge < -0.3 is 24.1 Å². The van der Waals surface area contributed by atoms with Crippen molar-refractivity contribution in [1.29, 1.82) is 5.26 Å². The summed E-state index contributed by atoms with van der Waals surface area (Å²) in [6.45, 7) is 6.34. The van der Waals surface area contributed by atoms with Crippen LogP contribution in [0, 0.1) is 32.1 Å². The molecule has 0 fully saturated rings. The van der Waals surface area contributed by atoms with E-state index >= 15 is 0 Å². The topological polar surface area (TPSA) is 107 Å². The number of halogens is 1. The summed E-state index contributed by atoms with van der Waals surface area (Å²) in [5.74, 6) is 1.95. The lowest BCUT2D eigenvalue weighted by molar-refractivity contribution is -0.112. The zero-order valence-corrected chi connectivity index (χ0v) is 20.9. The number of aryl methyl sites for hydroxylation is 3. The van der Waals surface area contributed by atoms with Gasteiger partial charge in [-0.1, -0.05) is 23.4 Å². The summed E-state index contributed by atoms with van der Waals surface area (Å²) >= 11 is 3.48. The Hall–Kier alpha value is -3.77. The second kappa shape index (κ2) is 11.4. The van der Waals surface area contributed by atoms with E-state index in [1.165, 1.54) is 13.2 Å². The number of carbonyl (C=O) groups is 1. The van der Waals surface area contributed by atoms with E-state index in [2.05, 4.69) is 26.4 Å². The number of hydrogen-bond donors (Lipinski definition) is 1. The van der Waals surface area contributed by atoms with Crippen molar-refractivity contribution in [2.24, 2.45) is 0 Å². The van der Waals surface area contributed by atoms with E-state index in [4.69, 9.17) is 18.7 Å². The lowest BCUT2D eigenvalue weighted by Crippen LogP contribution is -2.13. The first-order valence-corrected chi connectivity index (χ1v) is 11.2. The molecule has 8 nitrogen and oxygen atoms in total. The number of rotatable bonds is 9. The van der Waals surface area contributed by atoms with Crippen LogP contribution in [-0.4, -0.2) is 31.4 Å². The molecule has 0 saturated carbocycles. The van der Waals surface area contributed by atoms with Crippen LogP contribution >= 0.6 is 15.9 Å². The molecule has 0 aliphatic carbocycles. The monoisotopic (exact) mass is 525 g/mol. The van der Waals surface area contributed by atoms with Crippen molar-refractivity contribution < 1.29 is 23.5 Å². The third-order valence-corrected chi connectivity index (χ3v) is 5.37. The fourth-order valence-corrected chi connectivity index (χ4v) is 3.78. The number of anilines is 1. The third-order valence-electron chi connectivity index (χ3n) is 4.78. The fraction of sp³-hybridized carbons (Fsp3) is 0.240. The Morgan fingerprint density at radius 3 is 2.41 bits per heavy atom. The zero-order valence-electron chi connectivity index (χ0n) is 19.3. The van der Waals surface area contributed by atoms with Crippen molar-refractivity contribution in [3.63, 3.8) is 0 Å². The number of carbonyl (C=O) groups excluding carboxylic acids is 1. The number of nitriles is 1. The van der Waals surface area contributed by atoms with Crippen LogP contribution < -0.4 is 19.5 Å². The molecule has 0 bridgehead atoms. The fourth-order valence-electron chi connectivity index (χ4n) is 3.20. The number of amides is 1. The summed E-state index contributed by atoms with van der Waals surface area (Å²) in [6.07, 6.45) is 1.45. The summed E-state index contributed by atoms with van der Waals surface area (Å²) in [5, 5.41) is 15.7. The number of para-hydroxylation sites is 1. The highest BCUT2D eigenvalue weighted by Crippen LogP contribution is 2.37. The smallest absolute Gasteiger partial charge is 0.267 e. The highest BCUT2D eigenvalue weighted by atomic mass is 79.9. The second-order valence-electron chi connectivity index (χ2n) is 7.40. The maximum absolute atomic E-state index is 12.4. The molecule has 0 atom stereocenters. The van der Waals surface area contributed by atoms with E-state index in [0.717, 1.165) is 16.9 Å². The lowest BCUT2D eigenvalue weighted by Gasteiger charge is -2.15. The van der Waals surface area contributed by atoms with Crippen LogP contribution in [0.3, 0.4) is 0 Å². The van der Waals surface area contributed by atoms with Crippen LogP contribution in [0.5, 0.6) is 17.2 Å². The first-order valence-electron chi connectivity index (χ1n) is 10.4. The van der Waals surface area contributed by atoms with Gasteiger partial charge in [-0.15, -0.1) is 0 Å². The van der Waals surface area contributed by atoms with E-state index in [0.29, 0.717) is 40.5 Å². The minimum atomic E-state index is -0.602. The van der Waals surface area contributed by atoms with Crippen molar-refractivity contribution >= 4 is 33.7 Å². The van der Waals surface area contributed by atoms with Crippen LogP contribution in [0.1, 0.15) is 22.5 Å². The first kappa shape index (κ1) is 24.9. The van der Waals surface area contributed by atoms with Gasteiger partial charge in [0.05, 0.1) is 11.6 Å². The SMILES string of the molecule is COc1cc(/C=C(/C#N)C(=O)Nc2cc(C)on2)cc(Br)c1OCCOc1c(C)cccc1C. The van der Waals surface area contributed by atoms with Crippen LogP contribution in [0.15, 0.2) is 51.0 Å². The van der Waals surface area contributed by atoms with Crippen LogP contribution in [0.4, 0.5) is 5.82 Å². The van der Waals surface area contributed by atoms with Crippen molar-refractivity contribution in [1.82, 2.24) is 5.16 Å². The van der Waals surface area contributed by atoms with Gasteiger partial charge in [0.1, 0.15) is 36.4 Å². The summed E-state index contributed by atoms with van der Waals surface area (Å²) in [7, 11) is 1.51. The molecule has 0 aliphatic rings. The molecular weight excluding hydrogens is 502 g/mol. The first-order chi connectivity index (χ1) is 16.3. The maximum atomic E-state index is 12.4. The van der Waals surface area contributed by atoms with Crippen molar-refractivity contribution in [3.05, 3.63) is 68.9 Å². The zero-order chi connectivity index (χ0) is 24.7. The normalized spacial score (nSPS) is 11.0. The molecule has 1 heterocycles. The van der Waals surface area contributed by atoms with E-state index in [9.17, 15) is 10.1 Å². The molecule has 3 aromatic rings. The van der Waals surface area contributed by atoms with Crippen molar-refractivity contribution in [2.75, 3.05) is 25.6 Å². The van der Waals surface area contributed by atoms with Gasteiger partial charge >= 0.3 is 0 Å². The number of nitrogens with one attached hydrogen (secondary N) is 1. The van der Waals surface area contributed by atoms with Gasteiger partial charge in [0, 0.05) is 6.07 Å². The van der Waals surface area contributed by atoms with Gasteiger partial charge in [-0.3, -0.25) is 4.79 Å². The number of nitrogens with zero attached hydrogens (tertiary/aromatic N) is 2. The molecule has 1 aromatic heterocycles. The number of methoxy groups -OCH3 is 1.